The second-order valence-electron chi connectivity index (χ2n) is 19.5. The van der Waals surface area contributed by atoms with Gasteiger partial charge in [-0.1, -0.05) is 115 Å². The molecule has 0 spiro atoms. The van der Waals surface area contributed by atoms with Crippen LogP contribution in [0.2, 0.25) is 0 Å². The van der Waals surface area contributed by atoms with Crippen molar-refractivity contribution in [2.24, 2.45) is 0 Å². The van der Waals surface area contributed by atoms with Gasteiger partial charge >= 0.3 is 0 Å². The van der Waals surface area contributed by atoms with Gasteiger partial charge in [0.05, 0.1) is 84.5 Å². The summed E-state index contributed by atoms with van der Waals surface area (Å²) in [6.45, 7) is 9.54. The molecule has 9 heteroatoms. The number of hydrogen-bond donors (Lipinski definition) is 0. The maximum atomic E-state index is 12.2. The second-order valence-corrected chi connectivity index (χ2v) is 19.5. The number of furan rings is 3. The molecular weight excluding hydrogens is 937 g/mol. The molecule has 350 valence electrons. The molecule has 0 aliphatic heterocycles. The zero-order valence-electron chi connectivity index (χ0n) is 40.0. The molecule has 76 heavy (non-hydrogen) atoms. The van der Waals surface area contributed by atoms with Gasteiger partial charge in [0.25, 0.3) is 0 Å². The van der Waals surface area contributed by atoms with E-state index in [1.165, 1.54) is 0 Å². The Morgan fingerprint density at radius 2 is 0.789 bits per heavy atom. The molecule has 0 fully saturated rings. The summed E-state index contributed by atoms with van der Waals surface area (Å²) in [6.07, 6.45) is 3.64. The number of nitriles is 1. The third-order valence-electron chi connectivity index (χ3n) is 15.8. The van der Waals surface area contributed by atoms with Gasteiger partial charge in [-0.25, -0.2) is 4.85 Å². The summed E-state index contributed by atoms with van der Waals surface area (Å²) in [4.78, 5) is 9.39. The van der Waals surface area contributed by atoms with E-state index in [0.29, 0.717) is 22.6 Å². The van der Waals surface area contributed by atoms with E-state index >= 15 is 0 Å². The zero-order valence-corrected chi connectivity index (χ0v) is 40.0. The average molecular weight is 971 g/mol. The van der Waals surface area contributed by atoms with Gasteiger partial charge < -0.3 is 27.0 Å². The number of fused-ring (bicyclic) bond motifs is 21. The van der Waals surface area contributed by atoms with Gasteiger partial charge in [0.1, 0.15) is 33.5 Å². The number of benzene rings is 10. The first-order valence-electron chi connectivity index (χ1n) is 25.1. The maximum Gasteiger partial charge on any atom is 0.232 e. The van der Waals surface area contributed by atoms with Crippen molar-refractivity contribution in [2.45, 2.75) is 0 Å². The first-order chi connectivity index (χ1) is 37.7. The molecule has 0 aliphatic rings. The molecule has 0 N–H and O–H groups in total. The maximum absolute atomic E-state index is 12.2. The van der Waals surface area contributed by atoms with E-state index in [4.69, 9.17) is 18.2 Å². The molecule has 0 saturated carbocycles. The molecule has 9 nitrogen and oxygen atoms in total. The highest BCUT2D eigenvalue weighted by atomic mass is 16.3. The Balaban J connectivity index is 1.15. The van der Waals surface area contributed by atoms with Crippen molar-refractivity contribution in [3.8, 4) is 34.3 Å². The summed E-state index contributed by atoms with van der Waals surface area (Å²) in [5.41, 5.74) is 13.3. The number of para-hydroxylation sites is 6. The summed E-state index contributed by atoms with van der Waals surface area (Å²) in [5, 5.41) is 23.8. The lowest BCUT2D eigenvalue weighted by molar-refractivity contribution is 0.672. The van der Waals surface area contributed by atoms with Crippen LogP contribution in [0.3, 0.4) is 0 Å². The minimum Gasteiger partial charge on any atom is -0.455 e. The monoisotopic (exact) mass is 970 g/mol. The molecule has 0 amide bonds. The Bertz CT molecular complexity index is 5510. The molecule has 17 aromatic rings. The van der Waals surface area contributed by atoms with Crippen LogP contribution in [0.1, 0.15) is 5.56 Å². The molecule has 0 aliphatic carbocycles. The molecule has 7 aromatic heterocycles. The van der Waals surface area contributed by atoms with Gasteiger partial charge in [0.2, 0.25) is 5.69 Å². The van der Waals surface area contributed by atoms with E-state index in [1.807, 2.05) is 91.1 Å². The van der Waals surface area contributed by atoms with Gasteiger partial charge in [0.15, 0.2) is 0 Å². The molecule has 0 atom stereocenters. The Labute approximate surface area is 429 Å². The molecule has 10 aromatic carbocycles. The number of rotatable bonds is 4. The molecule has 0 saturated heterocycles. The quantitative estimate of drug-likeness (QED) is 0.164. The first kappa shape index (κ1) is 40.7. The van der Waals surface area contributed by atoms with Crippen LogP contribution < -0.4 is 0 Å². The normalized spacial score (nSPS) is 12.2. The van der Waals surface area contributed by atoms with E-state index in [1.54, 1.807) is 6.20 Å². The van der Waals surface area contributed by atoms with Crippen molar-refractivity contribution < 1.29 is 13.3 Å². The predicted octanol–water partition coefficient (Wildman–Crippen LogP) is 18.2. The smallest absolute Gasteiger partial charge is 0.232 e. The average Bonchev–Trinajstić information content (AvgIpc) is 4.48. The number of pyridine rings is 1. The molecule has 7 heterocycles. The summed E-state index contributed by atoms with van der Waals surface area (Å²) < 4.78 is 27.2. The molecular formula is C67H34N6O3. The van der Waals surface area contributed by atoms with Crippen LogP contribution in [0.25, 0.3) is 164 Å². The second kappa shape index (κ2) is 14.9. The van der Waals surface area contributed by atoms with E-state index in [0.717, 1.165) is 137 Å². The van der Waals surface area contributed by atoms with Crippen LogP contribution in [0.4, 0.5) is 5.69 Å². The minimum atomic E-state index is 0.180. The lowest BCUT2D eigenvalue weighted by Gasteiger charge is -2.27. The number of nitrogens with zero attached hydrogens (tertiary/aromatic N) is 6. The van der Waals surface area contributed by atoms with E-state index in [9.17, 15) is 11.8 Å². The fourth-order valence-electron chi connectivity index (χ4n) is 12.8. The van der Waals surface area contributed by atoms with E-state index in [2.05, 4.69) is 134 Å². The fourth-order valence-corrected chi connectivity index (χ4v) is 12.8. The van der Waals surface area contributed by atoms with E-state index in [-0.39, 0.29) is 11.3 Å². The summed E-state index contributed by atoms with van der Waals surface area (Å²) in [7, 11) is 0. The summed E-state index contributed by atoms with van der Waals surface area (Å²) in [6, 6.07) is 68.9. The standard InChI is InChI=1S/C67H34N6O3/c1-69-61-47(35-68)62(71-48-22-8-2-19-44(48)58-51(71)31-28-41-38-16-5-11-25-54(38)74-65(41)58)57(37-15-14-34-70-36-37)63(72-49-23-9-3-20-45(49)59-52(72)32-29-42-39-17-6-12-26-55(39)75-66(42)59)64(61)73-50-24-10-4-21-46(50)60-53(73)33-30-43-40-18-7-13-27-56(40)76-67(43)60/h2-34,36H. The van der Waals surface area contributed by atoms with Crippen molar-refractivity contribution in [3.63, 3.8) is 0 Å². The Hall–Kier alpha value is -10.9. The minimum absolute atomic E-state index is 0.180. The largest absolute Gasteiger partial charge is 0.455 e. The van der Waals surface area contributed by atoms with Gasteiger partial charge in [-0.2, -0.15) is 5.26 Å². The van der Waals surface area contributed by atoms with Gasteiger partial charge in [-0.3, -0.25) is 4.98 Å². The third-order valence-corrected chi connectivity index (χ3v) is 15.8. The molecule has 17 rings (SSSR count). The molecule has 0 unspecified atom stereocenters. The van der Waals surface area contributed by atoms with Crippen LogP contribution in [0.15, 0.2) is 220 Å². The highest BCUT2D eigenvalue weighted by Crippen LogP contribution is 2.54. The van der Waals surface area contributed by atoms with Crippen LogP contribution in [0, 0.1) is 17.9 Å². The number of aromatic nitrogens is 4. The van der Waals surface area contributed by atoms with Crippen molar-refractivity contribution in [1.82, 2.24) is 18.7 Å². The van der Waals surface area contributed by atoms with Crippen molar-refractivity contribution >= 4 is 137 Å². The van der Waals surface area contributed by atoms with Crippen LogP contribution in [-0.4, -0.2) is 18.7 Å². The Morgan fingerprint density at radius 3 is 1.20 bits per heavy atom. The zero-order chi connectivity index (χ0) is 49.9. The first-order valence-corrected chi connectivity index (χ1v) is 25.1. The molecule has 0 bridgehead atoms. The third kappa shape index (κ3) is 5.12. The van der Waals surface area contributed by atoms with Crippen LogP contribution >= 0.6 is 0 Å². The summed E-state index contributed by atoms with van der Waals surface area (Å²) in [5.74, 6) is 0. The van der Waals surface area contributed by atoms with Crippen molar-refractivity contribution in [1.29, 1.82) is 5.26 Å². The van der Waals surface area contributed by atoms with E-state index < -0.39 is 0 Å². The Morgan fingerprint density at radius 1 is 0.395 bits per heavy atom. The topological polar surface area (TPSA) is 95.2 Å². The SMILES string of the molecule is [C-]#[N+]c1c(C#N)c(-n2c3ccccc3c3c4oc5ccccc5c4ccc32)c(-c2cccnc2)c(-n2c3ccccc3c3c4oc5ccccc5c4ccc32)c1-n1c2ccccc2c2c3oc4ccccc4c3ccc21. The lowest BCUT2D eigenvalue weighted by Crippen LogP contribution is -2.12. The highest BCUT2D eigenvalue weighted by molar-refractivity contribution is 6.28. The van der Waals surface area contributed by atoms with Gasteiger partial charge in [-0.05, 0) is 78.9 Å². The lowest BCUT2D eigenvalue weighted by atomic mass is 9.94. The highest BCUT2D eigenvalue weighted by Gasteiger charge is 2.34. The Kier molecular flexibility index (Phi) is 7.96. The van der Waals surface area contributed by atoms with Gasteiger partial charge in [-0.15, -0.1) is 0 Å². The van der Waals surface area contributed by atoms with Crippen molar-refractivity contribution in [2.75, 3.05) is 0 Å². The van der Waals surface area contributed by atoms with Crippen LogP contribution in [-0.2, 0) is 0 Å². The fraction of sp³-hybridized carbons (Fsp3) is 0. The van der Waals surface area contributed by atoms with Crippen molar-refractivity contribution in [3.05, 3.63) is 223 Å². The predicted molar refractivity (Wildman–Crippen MR) is 306 cm³/mol. The number of hydrogen-bond acceptors (Lipinski definition) is 5. The molecule has 0 radical (unpaired) electrons. The summed E-state index contributed by atoms with van der Waals surface area (Å²) >= 11 is 0. The van der Waals surface area contributed by atoms with Gasteiger partial charge in [0, 0.05) is 72.0 Å². The van der Waals surface area contributed by atoms with Crippen LogP contribution in [0.5, 0.6) is 0 Å².